The number of halogens is 3. The lowest BCUT2D eigenvalue weighted by Gasteiger charge is -2.30. The van der Waals surface area contributed by atoms with Crippen LogP contribution in [-0.4, -0.2) is 64.5 Å². The molecule has 148 valence electrons. The van der Waals surface area contributed by atoms with Gasteiger partial charge in [0.25, 0.3) is 0 Å². The first kappa shape index (κ1) is 20.5. The third-order valence-corrected chi connectivity index (χ3v) is 4.91. The van der Waals surface area contributed by atoms with E-state index < -0.39 is 49.0 Å². The number of hydrogen-bond acceptors (Lipinski definition) is 3. The number of carbonyl (C=O) groups excluding carboxylic acids is 2. The largest absolute Gasteiger partial charge is 0.481 e. The quantitative estimate of drug-likeness (QED) is 0.816. The number of amides is 2. The van der Waals surface area contributed by atoms with Gasteiger partial charge in [-0.25, -0.2) is 0 Å². The SMILES string of the molecule is CC(C)(C)CC(=O)N1CCCC1C(=O)N1C[C@@H](C(F)(F)F)[C@H](C(=O)O)C1. The van der Waals surface area contributed by atoms with E-state index in [2.05, 4.69) is 0 Å². The molecule has 0 spiro atoms. The Morgan fingerprint density at radius 1 is 1.12 bits per heavy atom. The van der Waals surface area contributed by atoms with Crippen LogP contribution in [0.2, 0.25) is 0 Å². The van der Waals surface area contributed by atoms with Gasteiger partial charge in [-0.1, -0.05) is 20.8 Å². The van der Waals surface area contributed by atoms with Crippen molar-refractivity contribution < 1.29 is 32.7 Å². The Labute approximate surface area is 150 Å². The number of aliphatic carboxylic acids is 1. The summed E-state index contributed by atoms with van der Waals surface area (Å²) >= 11 is 0. The molecule has 2 fully saturated rings. The Morgan fingerprint density at radius 2 is 1.73 bits per heavy atom. The summed E-state index contributed by atoms with van der Waals surface area (Å²) in [5.74, 6) is -6.09. The van der Waals surface area contributed by atoms with Gasteiger partial charge in [-0.05, 0) is 18.3 Å². The van der Waals surface area contributed by atoms with Gasteiger partial charge in [0.2, 0.25) is 11.8 Å². The number of nitrogens with zero attached hydrogens (tertiary/aromatic N) is 2. The summed E-state index contributed by atoms with van der Waals surface area (Å²) < 4.78 is 39.3. The second kappa shape index (κ2) is 7.08. The average molecular weight is 378 g/mol. The highest BCUT2D eigenvalue weighted by atomic mass is 19.4. The van der Waals surface area contributed by atoms with Crippen LogP contribution in [0.25, 0.3) is 0 Å². The maximum Gasteiger partial charge on any atom is 0.394 e. The molecule has 1 N–H and O–H groups in total. The van der Waals surface area contributed by atoms with Crippen LogP contribution in [0.15, 0.2) is 0 Å². The second-order valence-corrected chi connectivity index (χ2v) is 8.32. The average Bonchev–Trinajstić information content (AvgIpc) is 3.11. The number of likely N-dealkylation sites (tertiary alicyclic amines) is 2. The molecular formula is C17H25F3N2O4. The summed E-state index contributed by atoms with van der Waals surface area (Å²) in [6.07, 6.45) is -3.46. The molecule has 2 heterocycles. The third kappa shape index (κ3) is 4.48. The molecule has 0 radical (unpaired) electrons. The zero-order valence-electron chi connectivity index (χ0n) is 15.2. The van der Waals surface area contributed by atoms with E-state index in [1.807, 2.05) is 20.8 Å². The first-order valence-corrected chi connectivity index (χ1v) is 8.69. The van der Waals surface area contributed by atoms with Gasteiger partial charge in [0, 0.05) is 26.1 Å². The molecule has 2 aliphatic heterocycles. The highest BCUT2D eigenvalue weighted by Gasteiger charge is 2.54. The van der Waals surface area contributed by atoms with Crippen molar-refractivity contribution in [1.29, 1.82) is 0 Å². The van der Waals surface area contributed by atoms with Gasteiger partial charge in [-0.2, -0.15) is 13.2 Å². The van der Waals surface area contributed by atoms with Crippen LogP contribution < -0.4 is 0 Å². The summed E-state index contributed by atoms with van der Waals surface area (Å²) in [7, 11) is 0. The number of carbonyl (C=O) groups is 3. The molecule has 6 nitrogen and oxygen atoms in total. The van der Waals surface area contributed by atoms with E-state index in [0.717, 1.165) is 4.90 Å². The lowest BCUT2D eigenvalue weighted by atomic mass is 9.91. The number of carboxylic acids is 1. The van der Waals surface area contributed by atoms with Crippen LogP contribution in [0.5, 0.6) is 0 Å². The van der Waals surface area contributed by atoms with Crippen LogP contribution in [-0.2, 0) is 14.4 Å². The Morgan fingerprint density at radius 3 is 2.19 bits per heavy atom. The van der Waals surface area contributed by atoms with Crippen molar-refractivity contribution in [2.24, 2.45) is 17.3 Å². The van der Waals surface area contributed by atoms with Gasteiger partial charge >= 0.3 is 12.1 Å². The predicted octanol–water partition coefficient (Wildman–Crippen LogP) is 2.14. The van der Waals surface area contributed by atoms with Crippen molar-refractivity contribution in [3.63, 3.8) is 0 Å². The van der Waals surface area contributed by atoms with Crippen molar-refractivity contribution >= 4 is 17.8 Å². The number of hydrogen-bond donors (Lipinski definition) is 1. The van der Waals surface area contributed by atoms with Crippen molar-refractivity contribution in [2.75, 3.05) is 19.6 Å². The van der Waals surface area contributed by atoms with Crippen molar-refractivity contribution in [3.05, 3.63) is 0 Å². The standard InChI is InChI=1S/C17H25F3N2O4/c1-16(2,3)7-13(23)22-6-4-5-12(22)14(24)21-8-10(15(25)26)11(9-21)17(18,19)20/h10-12H,4-9H2,1-3H3,(H,25,26)/t10-,11-,12?/m1/s1. The number of alkyl halides is 3. The molecule has 0 aromatic rings. The minimum atomic E-state index is -4.69. The number of rotatable bonds is 3. The van der Waals surface area contributed by atoms with Crippen LogP contribution in [0.1, 0.15) is 40.0 Å². The van der Waals surface area contributed by atoms with E-state index in [1.54, 1.807) is 0 Å². The monoisotopic (exact) mass is 378 g/mol. The Kier molecular flexibility index (Phi) is 5.58. The van der Waals surface area contributed by atoms with Crippen LogP contribution in [0, 0.1) is 17.3 Å². The van der Waals surface area contributed by atoms with Gasteiger partial charge in [0.05, 0.1) is 11.8 Å². The first-order chi connectivity index (χ1) is 11.8. The lowest BCUT2D eigenvalue weighted by molar-refractivity contribution is -0.188. The molecule has 9 heteroatoms. The molecule has 2 amide bonds. The molecule has 0 aliphatic carbocycles. The highest BCUT2D eigenvalue weighted by Crippen LogP contribution is 2.38. The molecule has 2 aliphatic rings. The molecular weight excluding hydrogens is 353 g/mol. The van der Waals surface area contributed by atoms with E-state index >= 15 is 0 Å². The fourth-order valence-corrected chi connectivity index (χ4v) is 3.65. The van der Waals surface area contributed by atoms with Gasteiger partial charge in [0.1, 0.15) is 6.04 Å². The normalized spacial score (nSPS) is 27.1. The van der Waals surface area contributed by atoms with Crippen LogP contribution in [0.4, 0.5) is 13.2 Å². The zero-order valence-corrected chi connectivity index (χ0v) is 15.2. The molecule has 0 saturated carbocycles. The van der Waals surface area contributed by atoms with E-state index in [0.29, 0.717) is 19.4 Å². The molecule has 0 bridgehead atoms. The molecule has 1 unspecified atom stereocenters. The van der Waals surface area contributed by atoms with Crippen LogP contribution in [0.3, 0.4) is 0 Å². The van der Waals surface area contributed by atoms with Gasteiger partial charge in [0.15, 0.2) is 0 Å². The van der Waals surface area contributed by atoms with Gasteiger partial charge in [-0.3, -0.25) is 14.4 Å². The fraction of sp³-hybridized carbons (Fsp3) is 0.824. The summed E-state index contributed by atoms with van der Waals surface area (Å²) in [5, 5.41) is 9.08. The maximum absolute atomic E-state index is 13.1. The highest BCUT2D eigenvalue weighted by molar-refractivity contribution is 5.89. The smallest absolute Gasteiger partial charge is 0.394 e. The molecule has 26 heavy (non-hydrogen) atoms. The first-order valence-electron chi connectivity index (χ1n) is 8.69. The van der Waals surface area contributed by atoms with Gasteiger partial charge in [-0.15, -0.1) is 0 Å². The van der Waals surface area contributed by atoms with E-state index in [4.69, 9.17) is 5.11 Å². The Bertz CT molecular complexity index is 586. The summed E-state index contributed by atoms with van der Waals surface area (Å²) in [6.45, 7) is 4.93. The lowest BCUT2D eigenvalue weighted by Crippen LogP contribution is -2.48. The van der Waals surface area contributed by atoms with E-state index in [9.17, 15) is 27.6 Å². The second-order valence-electron chi connectivity index (χ2n) is 8.32. The van der Waals surface area contributed by atoms with Crippen molar-refractivity contribution in [2.45, 2.75) is 52.3 Å². The van der Waals surface area contributed by atoms with E-state index in [-0.39, 0.29) is 17.7 Å². The molecule has 0 aromatic carbocycles. The third-order valence-electron chi connectivity index (χ3n) is 4.91. The summed E-state index contributed by atoms with van der Waals surface area (Å²) in [5.41, 5.74) is -0.267. The van der Waals surface area contributed by atoms with Crippen molar-refractivity contribution in [1.82, 2.24) is 9.80 Å². The topological polar surface area (TPSA) is 77.9 Å². The number of carboxylic acid groups (broad SMARTS) is 1. The van der Waals surface area contributed by atoms with Crippen molar-refractivity contribution in [3.8, 4) is 0 Å². The molecule has 2 rings (SSSR count). The van der Waals surface area contributed by atoms with E-state index in [1.165, 1.54) is 4.90 Å². The summed E-state index contributed by atoms with van der Waals surface area (Å²) in [6, 6.07) is -0.800. The molecule has 0 aromatic heterocycles. The minimum absolute atomic E-state index is 0.199. The van der Waals surface area contributed by atoms with Crippen LogP contribution >= 0.6 is 0 Å². The minimum Gasteiger partial charge on any atom is -0.481 e. The molecule has 2 saturated heterocycles. The summed E-state index contributed by atoms with van der Waals surface area (Å²) in [4.78, 5) is 38.8. The fourth-order valence-electron chi connectivity index (χ4n) is 3.65. The maximum atomic E-state index is 13.1. The predicted molar refractivity (Wildman–Crippen MR) is 86.1 cm³/mol. The van der Waals surface area contributed by atoms with Gasteiger partial charge < -0.3 is 14.9 Å². The Hall–Kier alpha value is -1.80. The Balaban J connectivity index is 2.12. The zero-order chi connectivity index (χ0) is 19.9. The molecule has 3 atom stereocenters.